The van der Waals surface area contributed by atoms with Gasteiger partial charge in [-0.05, 0) is 29.8 Å². The molecule has 10 heteroatoms. The van der Waals surface area contributed by atoms with Crippen LogP contribution in [0.15, 0.2) is 28.1 Å². The molecule has 0 spiro atoms. The lowest BCUT2D eigenvalue weighted by Gasteiger charge is -2.08. The van der Waals surface area contributed by atoms with E-state index in [1.807, 2.05) is 6.92 Å². The number of oxime groups is 1. The Morgan fingerprint density at radius 2 is 2.17 bits per heavy atom. The molecule has 0 bridgehead atoms. The van der Waals surface area contributed by atoms with Crippen LogP contribution in [0.5, 0.6) is 0 Å². The minimum absolute atomic E-state index is 0.160. The molecule has 0 aliphatic carbocycles. The molecular weight excluding hydrogens is 304 g/mol. The smallest absolute Gasteiger partial charge is 0.368 e. The van der Waals surface area contributed by atoms with Crippen molar-refractivity contribution in [2.75, 3.05) is 0 Å². The zero-order valence-corrected chi connectivity index (χ0v) is 13.0. The first-order valence-electron chi connectivity index (χ1n) is 6.86. The van der Waals surface area contributed by atoms with E-state index in [9.17, 15) is 14.9 Å². The first-order valence-corrected chi connectivity index (χ1v) is 6.86. The largest absolute Gasteiger partial charge is 0.391 e. The number of nitro groups is 1. The van der Waals surface area contributed by atoms with E-state index >= 15 is 0 Å². The van der Waals surface area contributed by atoms with Gasteiger partial charge in [-0.1, -0.05) is 18.1 Å². The molecule has 23 heavy (non-hydrogen) atoms. The SMILES string of the molecule is CCC(C)=NOCc1c(-n2nnn(C)c2=O)cccc1[N+](=O)[O-]. The summed E-state index contributed by atoms with van der Waals surface area (Å²) >= 11 is 0. The van der Waals surface area contributed by atoms with Crippen molar-refractivity contribution < 1.29 is 9.76 Å². The molecule has 1 aromatic carbocycles. The fourth-order valence-electron chi connectivity index (χ4n) is 1.82. The molecule has 0 aliphatic rings. The molecule has 2 rings (SSSR count). The Bertz CT molecular complexity index is 807. The van der Waals surface area contributed by atoms with Gasteiger partial charge in [0, 0.05) is 13.1 Å². The maximum Gasteiger partial charge on any atom is 0.368 e. The maximum absolute atomic E-state index is 12.0. The van der Waals surface area contributed by atoms with Gasteiger partial charge in [-0.3, -0.25) is 10.1 Å². The summed E-state index contributed by atoms with van der Waals surface area (Å²) in [5.74, 6) is 0. The average molecular weight is 320 g/mol. The Hall–Kier alpha value is -3.04. The topological polar surface area (TPSA) is 117 Å². The molecule has 0 unspecified atom stereocenters. The fraction of sp³-hybridized carbons (Fsp3) is 0.385. The lowest BCUT2D eigenvalue weighted by atomic mass is 10.1. The maximum atomic E-state index is 12.0. The number of aromatic nitrogens is 4. The minimum atomic E-state index is -0.542. The Labute approximate surface area is 131 Å². The van der Waals surface area contributed by atoms with E-state index in [0.717, 1.165) is 15.1 Å². The Morgan fingerprint density at radius 3 is 2.74 bits per heavy atom. The van der Waals surface area contributed by atoms with E-state index in [4.69, 9.17) is 4.84 Å². The van der Waals surface area contributed by atoms with Gasteiger partial charge in [0.15, 0.2) is 6.61 Å². The molecule has 0 aliphatic heterocycles. The molecule has 0 atom stereocenters. The number of hydrogen-bond acceptors (Lipinski definition) is 7. The van der Waals surface area contributed by atoms with E-state index in [1.54, 1.807) is 6.92 Å². The molecular formula is C13H16N6O4. The summed E-state index contributed by atoms with van der Waals surface area (Å²) in [6, 6.07) is 4.34. The van der Waals surface area contributed by atoms with E-state index in [1.165, 1.54) is 25.2 Å². The molecule has 1 aromatic heterocycles. The van der Waals surface area contributed by atoms with E-state index in [2.05, 4.69) is 15.6 Å². The number of aryl methyl sites for hydroxylation is 1. The number of rotatable bonds is 6. The molecule has 0 amide bonds. The Balaban J connectivity index is 2.50. The van der Waals surface area contributed by atoms with Crippen LogP contribution in [0.1, 0.15) is 25.8 Å². The molecule has 1 heterocycles. The molecule has 122 valence electrons. The zero-order valence-electron chi connectivity index (χ0n) is 13.0. The quantitative estimate of drug-likeness (QED) is 0.448. The van der Waals surface area contributed by atoms with E-state index in [0.29, 0.717) is 6.42 Å². The summed E-state index contributed by atoms with van der Waals surface area (Å²) in [7, 11) is 1.44. The van der Waals surface area contributed by atoms with Gasteiger partial charge in [-0.25, -0.2) is 4.79 Å². The van der Waals surface area contributed by atoms with Crippen molar-refractivity contribution in [1.82, 2.24) is 19.8 Å². The third-order valence-electron chi connectivity index (χ3n) is 3.21. The van der Waals surface area contributed by atoms with Crippen LogP contribution in [0.25, 0.3) is 5.69 Å². The van der Waals surface area contributed by atoms with Gasteiger partial charge in [0.05, 0.1) is 21.9 Å². The highest BCUT2D eigenvalue weighted by molar-refractivity contribution is 5.80. The van der Waals surface area contributed by atoms with Crippen LogP contribution in [0.4, 0.5) is 5.69 Å². The summed E-state index contributed by atoms with van der Waals surface area (Å²) in [4.78, 5) is 27.9. The van der Waals surface area contributed by atoms with Crippen LogP contribution in [0.2, 0.25) is 0 Å². The monoisotopic (exact) mass is 320 g/mol. The highest BCUT2D eigenvalue weighted by Gasteiger charge is 2.21. The minimum Gasteiger partial charge on any atom is -0.391 e. The van der Waals surface area contributed by atoms with Gasteiger partial charge in [0.1, 0.15) is 0 Å². The summed E-state index contributed by atoms with van der Waals surface area (Å²) in [5.41, 5.74) is 0.501. The zero-order chi connectivity index (χ0) is 17.0. The van der Waals surface area contributed by atoms with Crippen LogP contribution < -0.4 is 5.69 Å². The van der Waals surface area contributed by atoms with Crippen molar-refractivity contribution in [3.8, 4) is 5.69 Å². The van der Waals surface area contributed by atoms with Gasteiger partial charge >= 0.3 is 5.69 Å². The van der Waals surface area contributed by atoms with E-state index in [-0.39, 0.29) is 23.5 Å². The molecule has 2 aromatic rings. The molecule has 10 nitrogen and oxygen atoms in total. The Kier molecular flexibility index (Phi) is 4.84. The number of nitro benzene ring substituents is 1. The fourth-order valence-corrected chi connectivity index (χ4v) is 1.82. The summed E-state index contributed by atoms with van der Waals surface area (Å²) in [5, 5.41) is 22.4. The number of tetrazole rings is 1. The summed E-state index contributed by atoms with van der Waals surface area (Å²) in [6.45, 7) is 3.54. The van der Waals surface area contributed by atoms with Crippen molar-refractivity contribution >= 4 is 11.4 Å². The third-order valence-corrected chi connectivity index (χ3v) is 3.21. The molecule has 0 radical (unpaired) electrons. The lowest BCUT2D eigenvalue weighted by molar-refractivity contribution is -0.385. The summed E-state index contributed by atoms with van der Waals surface area (Å²) < 4.78 is 2.02. The second-order valence-electron chi connectivity index (χ2n) is 4.78. The lowest BCUT2D eigenvalue weighted by Crippen LogP contribution is -2.23. The summed E-state index contributed by atoms with van der Waals surface area (Å²) in [6.07, 6.45) is 0.702. The van der Waals surface area contributed by atoms with Crippen molar-refractivity contribution in [2.24, 2.45) is 12.2 Å². The van der Waals surface area contributed by atoms with Crippen molar-refractivity contribution in [3.63, 3.8) is 0 Å². The van der Waals surface area contributed by atoms with Gasteiger partial charge in [-0.2, -0.15) is 9.36 Å². The predicted molar refractivity (Wildman–Crippen MR) is 81.4 cm³/mol. The molecule has 0 saturated carbocycles. The van der Waals surface area contributed by atoms with E-state index < -0.39 is 10.6 Å². The van der Waals surface area contributed by atoms with Crippen molar-refractivity contribution in [3.05, 3.63) is 44.4 Å². The van der Waals surface area contributed by atoms with Gasteiger partial charge in [0.2, 0.25) is 0 Å². The van der Waals surface area contributed by atoms with Crippen LogP contribution in [0.3, 0.4) is 0 Å². The van der Waals surface area contributed by atoms with Crippen LogP contribution >= 0.6 is 0 Å². The van der Waals surface area contributed by atoms with Crippen molar-refractivity contribution in [1.29, 1.82) is 0 Å². The first kappa shape index (κ1) is 16.3. The van der Waals surface area contributed by atoms with Gasteiger partial charge < -0.3 is 4.84 Å². The number of benzene rings is 1. The van der Waals surface area contributed by atoms with Crippen LogP contribution in [-0.4, -0.2) is 30.4 Å². The van der Waals surface area contributed by atoms with Crippen LogP contribution in [-0.2, 0) is 18.5 Å². The van der Waals surface area contributed by atoms with Gasteiger partial charge in [0.25, 0.3) is 5.69 Å². The third kappa shape index (κ3) is 3.42. The molecule has 0 fully saturated rings. The Morgan fingerprint density at radius 1 is 1.43 bits per heavy atom. The second-order valence-corrected chi connectivity index (χ2v) is 4.78. The normalized spacial score (nSPS) is 11.5. The number of nitrogens with zero attached hydrogens (tertiary/aromatic N) is 6. The average Bonchev–Trinajstić information content (AvgIpc) is 2.86. The molecule has 0 N–H and O–H groups in total. The van der Waals surface area contributed by atoms with Crippen molar-refractivity contribution in [2.45, 2.75) is 26.9 Å². The van der Waals surface area contributed by atoms with Gasteiger partial charge in [-0.15, -0.1) is 0 Å². The standard InChI is InChI=1S/C13H16N6O4/c1-4-9(2)14-23-8-10-11(6-5-7-12(10)19(21)22)18-13(20)17(3)15-16-18/h5-7H,4,8H2,1-3H3. The highest BCUT2D eigenvalue weighted by atomic mass is 16.6. The first-order chi connectivity index (χ1) is 11.0. The second kappa shape index (κ2) is 6.81. The highest BCUT2D eigenvalue weighted by Crippen LogP contribution is 2.25. The molecule has 0 saturated heterocycles. The van der Waals surface area contributed by atoms with Crippen LogP contribution in [0, 0.1) is 10.1 Å². The number of hydrogen-bond donors (Lipinski definition) is 0. The predicted octanol–water partition coefficient (Wildman–Crippen LogP) is 1.18.